The summed E-state index contributed by atoms with van der Waals surface area (Å²) in [6.45, 7) is 7.92. The predicted molar refractivity (Wildman–Crippen MR) is 84.3 cm³/mol. The van der Waals surface area contributed by atoms with Gasteiger partial charge in [0.2, 0.25) is 5.91 Å². The zero-order valence-electron chi connectivity index (χ0n) is 12.0. The van der Waals surface area contributed by atoms with Crippen molar-refractivity contribution in [2.75, 3.05) is 5.32 Å². The molecule has 1 unspecified atom stereocenters. The first-order valence-corrected chi connectivity index (χ1v) is 6.93. The van der Waals surface area contributed by atoms with Crippen LogP contribution in [0.25, 0.3) is 0 Å². The van der Waals surface area contributed by atoms with E-state index in [1.54, 1.807) is 6.92 Å². The van der Waals surface area contributed by atoms with Gasteiger partial charge in [-0.05, 0) is 37.0 Å². The summed E-state index contributed by atoms with van der Waals surface area (Å²) in [6.07, 6.45) is 0.581. The van der Waals surface area contributed by atoms with Crippen LogP contribution in [0.4, 0.5) is 5.69 Å². The van der Waals surface area contributed by atoms with Gasteiger partial charge < -0.3 is 11.1 Å². The molecule has 0 heterocycles. The third-order valence-corrected chi connectivity index (χ3v) is 4.01. The SMILES string of the molecule is CCC(C)(C(=O)Nc1cccc(C(C)C)c1)C(N)=S. The van der Waals surface area contributed by atoms with Gasteiger partial charge in [0, 0.05) is 5.69 Å². The van der Waals surface area contributed by atoms with Crippen molar-refractivity contribution in [3.8, 4) is 0 Å². The maximum absolute atomic E-state index is 12.3. The molecule has 1 aromatic carbocycles. The van der Waals surface area contributed by atoms with Crippen molar-refractivity contribution in [3.63, 3.8) is 0 Å². The van der Waals surface area contributed by atoms with Gasteiger partial charge in [-0.25, -0.2) is 0 Å². The first kappa shape index (κ1) is 15.6. The Bertz CT molecular complexity index is 485. The Morgan fingerprint density at radius 3 is 2.58 bits per heavy atom. The summed E-state index contributed by atoms with van der Waals surface area (Å²) in [5, 5.41) is 2.90. The number of hydrogen-bond acceptors (Lipinski definition) is 2. The average Bonchev–Trinajstić information content (AvgIpc) is 2.37. The van der Waals surface area contributed by atoms with Gasteiger partial charge in [0.05, 0.1) is 10.4 Å². The van der Waals surface area contributed by atoms with Crippen LogP contribution in [0.3, 0.4) is 0 Å². The molecule has 1 atom stereocenters. The molecule has 1 aromatic rings. The second kappa shape index (κ2) is 6.15. The predicted octanol–water partition coefficient (Wildman–Crippen LogP) is 3.45. The number of thiocarbonyl (C=S) groups is 1. The first-order valence-electron chi connectivity index (χ1n) is 6.52. The Kier molecular flexibility index (Phi) is 5.06. The molecule has 1 rings (SSSR count). The van der Waals surface area contributed by atoms with Crippen LogP contribution in [0, 0.1) is 5.41 Å². The zero-order chi connectivity index (χ0) is 14.6. The Morgan fingerprint density at radius 1 is 1.47 bits per heavy atom. The van der Waals surface area contributed by atoms with Crippen LogP contribution >= 0.6 is 12.2 Å². The van der Waals surface area contributed by atoms with Gasteiger partial charge >= 0.3 is 0 Å². The highest BCUT2D eigenvalue weighted by molar-refractivity contribution is 7.80. The molecular weight excluding hydrogens is 256 g/mol. The Morgan fingerprint density at radius 2 is 2.11 bits per heavy atom. The third-order valence-electron chi connectivity index (χ3n) is 3.56. The highest BCUT2D eigenvalue weighted by Crippen LogP contribution is 2.25. The van der Waals surface area contributed by atoms with E-state index >= 15 is 0 Å². The molecule has 0 aromatic heterocycles. The molecule has 0 bridgehead atoms. The molecular formula is C15H22N2OS. The van der Waals surface area contributed by atoms with Crippen LogP contribution in [-0.4, -0.2) is 10.9 Å². The molecule has 0 aliphatic heterocycles. The number of carbonyl (C=O) groups is 1. The molecule has 4 heteroatoms. The number of anilines is 1. The average molecular weight is 278 g/mol. The molecule has 0 radical (unpaired) electrons. The van der Waals surface area contributed by atoms with Gasteiger partial charge in [-0.3, -0.25) is 4.79 Å². The normalized spacial score (nSPS) is 13.9. The fourth-order valence-electron chi connectivity index (χ4n) is 1.69. The molecule has 104 valence electrons. The monoisotopic (exact) mass is 278 g/mol. The largest absolute Gasteiger partial charge is 0.392 e. The number of carbonyl (C=O) groups excluding carboxylic acids is 1. The molecule has 0 saturated heterocycles. The van der Waals surface area contributed by atoms with Crippen molar-refractivity contribution < 1.29 is 4.79 Å². The topological polar surface area (TPSA) is 55.1 Å². The van der Waals surface area contributed by atoms with E-state index in [1.165, 1.54) is 5.56 Å². The smallest absolute Gasteiger partial charge is 0.237 e. The highest BCUT2D eigenvalue weighted by atomic mass is 32.1. The van der Waals surface area contributed by atoms with E-state index in [1.807, 2.05) is 31.2 Å². The minimum atomic E-state index is -0.802. The van der Waals surface area contributed by atoms with Crippen molar-refractivity contribution in [2.45, 2.75) is 40.0 Å². The standard InChI is InChI=1S/C15H22N2OS/c1-5-15(4,13(16)19)14(18)17-12-8-6-7-11(9-12)10(2)3/h6-10H,5H2,1-4H3,(H2,16,19)(H,17,18). The van der Waals surface area contributed by atoms with Crippen molar-refractivity contribution in [1.82, 2.24) is 0 Å². The summed E-state index contributed by atoms with van der Waals surface area (Å²) in [7, 11) is 0. The molecule has 0 fully saturated rings. The highest BCUT2D eigenvalue weighted by Gasteiger charge is 2.34. The quantitative estimate of drug-likeness (QED) is 0.811. The van der Waals surface area contributed by atoms with Crippen molar-refractivity contribution in [1.29, 1.82) is 0 Å². The fraction of sp³-hybridized carbons (Fsp3) is 0.467. The minimum absolute atomic E-state index is 0.150. The van der Waals surface area contributed by atoms with E-state index in [0.29, 0.717) is 12.3 Å². The van der Waals surface area contributed by atoms with Crippen molar-refractivity contribution in [2.24, 2.45) is 11.1 Å². The fourth-order valence-corrected chi connectivity index (χ4v) is 1.93. The summed E-state index contributed by atoms with van der Waals surface area (Å²) in [5.41, 5.74) is 6.85. The van der Waals surface area contributed by atoms with E-state index in [-0.39, 0.29) is 10.9 Å². The maximum atomic E-state index is 12.3. The van der Waals surface area contributed by atoms with E-state index in [9.17, 15) is 4.79 Å². The molecule has 0 aliphatic rings. The van der Waals surface area contributed by atoms with Gasteiger partial charge in [0.25, 0.3) is 0 Å². The molecule has 3 nitrogen and oxygen atoms in total. The molecule has 0 spiro atoms. The van der Waals surface area contributed by atoms with Crippen LogP contribution in [0.15, 0.2) is 24.3 Å². The Balaban J connectivity index is 2.93. The second-order valence-corrected chi connectivity index (χ2v) is 5.72. The second-order valence-electron chi connectivity index (χ2n) is 5.28. The Hall–Kier alpha value is -1.42. The van der Waals surface area contributed by atoms with Crippen molar-refractivity contribution in [3.05, 3.63) is 29.8 Å². The first-order chi connectivity index (χ1) is 8.81. The molecule has 0 aliphatic carbocycles. The van der Waals surface area contributed by atoms with Crippen LogP contribution in [-0.2, 0) is 4.79 Å². The Labute approximate surface area is 120 Å². The summed E-state index contributed by atoms with van der Waals surface area (Å²) in [4.78, 5) is 12.5. The lowest BCUT2D eigenvalue weighted by Gasteiger charge is -2.25. The summed E-state index contributed by atoms with van der Waals surface area (Å²) in [6, 6.07) is 7.85. The van der Waals surface area contributed by atoms with Crippen LogP contribution in [0.5, 0.6) is 0 Å². The maximum Gasteiger partial charge on any atom is 0.237 e. The van der Waals surface area contributed by atoms with E-state index in [2.05, 4.69) is 19.2 Å². The summed E-state index contributed by atoms with van der Waals surface area (Å²) < 4.78 is 0. The molecule has 3 N–H and O–H groups in total. The van der Waals surface area contributed by atoms with Crippen LogP contribution < -0.4 is 11.1 Å². The lowest BCUT2D eigenvalue weighted by Crippen LogP contribution is -2.43. The lowest BCUT2D eigenvalue weighted by atomic mass is 9.86. The van der Waals surface area contributed by atoms with Crippen molar-refractivity contribution >= 4 is 28.8 Å². The molecule has 19 heavy (non-hydrogen) atoms. The number of rotatable bonds is 5. The van der Waals surface area contributed by atoms with E-state index < -0.39 is 5.41 Å². The number of hydrogen-bond donors (Lipinski definition) is 2. The van der Waals surface area contributed by atoms with Gasteiger partial charge in [-0.1, -0.05) is 45.1 Å². The summed E-state index contributed by atoms with van der Waals surface area (Å²) in [5.74, 6) is 0.272. The minimum Gasteiger partial charge on any atom is -0.392 e. The number of amides is 1. The lowest BCUT2D eigenvalue weighted by molar-refractivity contribution is -0.121. The third kappa shape index (κ3) is 3.53. The van der Waals surface area contributed by atoms with Crippen LogP contribution in [0.2, 0.25) is 0 Å². The van der Waals surface area contributed by atoms with Gasteiger partial charge in [0.1, 0.15) is 0 Å². The van der Waals surface area contributed by atoms with Gasteiger partial charge in [-0.15, -0.1) is 0 Å². The number of benzene rings is 1. The number of nitrogens with one attached hydrogen (secondary N) is 1. The van der Waals surface area contributed by atoms with E-state index in [4.69, 9.17) is 18.0 Å². The van der Waals surface area contributed by atoms with Gasteiger partial charge in [-0.2, -0.15) is 0 Å². The molecule has 0 saturated carbocycles. The summed E-state index contributed by atoms with van der Waals surface area (Å²) >= 11 is 5.01. The van der Waals surface area contributed by atoms with E-state index in [0.717, 1.165) is 5.69 Å². The van der Waals surface area contributed by atoms with Gasteiger partial charge in [0.15, 0.2) is 0 Å². The molecule has 1 amide bonds. The zero-order valence-corrected chi connectivity index (χ0v) is 12.8. The number of nitrogens with two attached hydrogens (primary N) is 1. The van der Waals surface area contributed by atoms with Crippen LogP contribution in [0.1, 0.15) is 45.6 Å².